The minimum absolute atomic E-state index is 0.168. The van der Waals surface area contributed by atoms with Crippen LogP contribution in [0.3, 0.4) is 0 Å². The van der Waals surface area contributed by atoms with Gasteiger partial charge < -0.3 is 0 Å². The Morgan fingerprint density at radius 2 is 2.18 bits per heavy atom. The van der Waals surface area contributed by atoms with Gasteiger partial charge in [0.1, 0.15) is 0 Å². The van der Waals surface area contributed by atoms with E-state index in [-0.39, 0.29) is 5.91 Å². The highest BCUT2D eigenvalue weighted by molar-refractivity contribution is 5.91. The lowest BCUT2D eigenvalue weighted by molar-refractivity contribution is -0.173. The average molecular weight is 157 g/mol. The van der Waals surface area contributed by atoms with Crippen LogP contribution in [0.4, 0.5) is 0 Å². The van der Waals surface area contributed by atoms with Gasteiger partial charge in [0, 0.05) is 12.6 Å². The number of rotatable bonds is 4. The Hall–Kier alpha value is -0.830. The van der Waals surface area contributed by atoms with E-state index >= 15 is 0 Å². The van der Waals surface area contributed by atoms with Crippen molar-refractivity contribution < 1.29 is 9.63 Å². The number of amides is 1. The largest absolute Gasteiger partial charge is 0.272 e. The minimum atomic E-state index is -0.168. The molecule has 0 saturated carbocycles. The molecule has 0 aromatic heterocycles. The van der Waals surface area contributed by atoms with E-state index in [9.17, 15) is 4.79 Å². The van der Waals surface area contributed by atoms with Crippen LogP contribution < -0.4 is 0 Å². The second-order valence-electron chi connectivity index (χ2n) is 2.42. The zero-order chi connectivity index (χ0) is 8.85. The van der Waals surface area contributed by atoms with Crippen LogP contribution in [0, 0.1) is 0 Å². The van der Waals surface area contributed by atoms with Gasteiger partial charge >= 0.3 is 0 Å². The molecule has 64 valence electrons. The van der Waals surface area contributed by atoms with Gasteiger partial charge in [-0.25, -0.2) is 5.06 Å². The molecule has 0 N–H and O–H groups in total. The molecule has 0 aliphatic carbocycles. The topological polar surface area (TPSA) is 29.5 Å². The summed E-state index contributed by atoms with van der Waals surface area (Å²) in [6.45, 7) is 7.72. The SMILES string of the molecule is C=C(C)C(=O)N(C)OCCC. The van der Waals surface area contributed by atoms with E-state index in [1.165, 1.54) is 5.06 Å². The summed E-state index contributed by atoms with van der Waals surface area (Å²) in [6, 6.07) is 0. The van der Waals surface area contributed by atoms with Crippen molar-refractivity contribution in [3.05, 3.63) is 12.2 Å². The molecule has 3 nitrogen and oxygen atoms in total. The first-order valence-electron chi connectivity index (χ1n) is 3.66. The van der Waals surface area contributed by atoms with Gasteiger partial charge in [0.15, 0.2) is 0 Å². The fourth-order valence-electron chi connectivity index (χ4n) is 0.556. The maximum Gasteiger partial charge on any atom is 0.272 e. The molecule has 0 atom stereocenters. The van der Waals surface area contributed by atoms with E-state index in [0.29, 0.717) is 12.2 Å². The lowest BCUT2D eigenvalue weighted by atomic mass is 10.3. The molecule has 0 aliphatic rings. The number of likely N-dealkylation sites (N-methyl/N-ethyl adjacent to an activating group) is 1. The molecule has 3 heteroatoms. The van der Waals surface area contributed by atoms with Crippen molar-refractivity contribution in [2.24, 2.45) is 0 Å². The summed E-state index contributed by atoms with van der Waals surface area (Å²) in [4.78, 5) is 16.1. The Morgan fingerprint density at radius 1 is 1.64 bits per heavy atom. The quantitative estimate of drug-likeness (QED) is 0.455. The van der Waals surface area contributed by atoms with E-state index in [4.69, 9.17) is 4.84 Å². The van der Waals surface area contributed by atoms with Gasteiger partial charge in [-0.05, 0) is 13.3 Å². The Labute approximate surface area is 67.6 Å². The van der Waals surface area contributed by atoms with Crippen LogP contribution in [0.1, 0.15) is 20.3 Å². The van der Waals surface area contributed by atoms with Gasteiger partial charge in [-0.2, -0.15) is 0 Å². The van der Waals surface area contributed by atoms with Crippen molar-refractivity contribution in [1.29, 1.82) is 0 Å². The molecule has 0 heterocycles. The van der Waals surface area contributed by atoms with Crippen molar-refractivity contribution in [3.8, 4) is 0 Å². The van der Waals surface area contributed by atoms with Gasteiger partial charge in [0.25, 0.3) is 5.91 Å². The molecule has 11 heavy (non-hydrogen) atoms. The lowest BCUT2D eigenvalue weighted by Crippen LogP contribution is -2.27. The summed E-state index contributed by atoms with van der Waals surface area (Å²) in [5.74, 6) is -0.168. The van der Waals surface area contributed by atoms with Gasteiger partial charge in [0.05, 0.1) is 6.61 Å². The summed E-state index contributed by atoms with van der Waals surface area (Å²) in [5.41, 5.74) is 0.489. The molecule has 0 rings (SSSR count). The molecule has 0 aromatic rings. The monoisotopic (exact) mass is 157 g/mol. The summed E-state index contributed by atoms with van der Waals surface area (Å²) in [6.07, 6.45) is 0.897. The predicted octanol–water partition coefficient (Wildman–Crippen LogP) is 1.36. The highest BCUT2D eigenvalue weighted by atomic mass is 16.7. The fourth-order valence-corrected chi connectivity index (χ4v) is 0.556. The van der Waals surface area contributed by atoms with E-state index in [1.54, 1.807) is 14.0 Å². The molecule has 0 aliphatic heterocycles. The predicted molar refractivity (Wildman–Crippen MR) is 43.8 cm³/mol. The second-order valence-corrected chi connectivity index (χ2v) is 2.42. The van der Waals surface area contributed by atoms with E-state index in [0.717, 1.165) is 6.42 Å². The van der Waals surface area contributed by atoms with E-state index in [2.05, 4.69) is 6.58 Å². The smallest absolute Gasteiger partial charge is 0.271 e. The highest BCUT2D eigenvalue weighted by Crippen LogP contribution is 1.96. The van der Waals surface area contributed by atoms with Crippen LogP contribution in [-0.2, 0) is 9.63 Å². The summed E-state index contributed by atoms with van der Waals surface area (Å²) >= 11 is 0. The van der Waals surface area contributed by atoms with Gasteiger partial charge in [-0.1, -0.05) is 13.5 Å². The molecule has 0 aromatic carbocycles. The zero-order valence-electron chi connectivity index (χ0n) is 7.39. The Morgan fingerprint density at radius 3 is 2.55 bits per heavy atom. The Bertz CT molecular complexity index is 154. The fraction of sp³-hybridized carbons (Fsp3) is 0.625. The molecule has 0 radical (unpaired) electrons. The molecule has 0 saturated heterocycles. The average Bonchev–Trinajstić information content (AvgIpc) is 1.98. The summed E-state index contributed by atoms with van der Waals surface area (Å²) < 4.78 is 0. The molecule has 0 unspecified atom stereocenters. The third-order valence-electron chi connectivity index (χ3n) is 1.14. The van der Waals surface area contributed by atoms with E-state index in [1.807, 2.05) is 6.92 Å². The molecule has 0 spiro atoms. The van der Waals surface area contributed by atoms with Crippen molar-refractivity contribution in [2.45, 2.75) is 20.3 Å². The van der Waals surface area contributed by atoms with Crippen molar-refractivity contribution in [3.63, 3.8) is 0 Å². The van der Waals surface area contributed by atoms with Crippen molar-refractivity contribution >= 4 is 5.91 Å². The molecular formula is C8H15NO2. The normalized spacial score (nSPS) is 9.36. The number of hydrogen-bond donors (Lipinski definition) is 0. The van der Waals surface area contributed by atoms with Crippen LogP contribution in [0.2, 0.25) is 0 Å². The maximum atomic E-state index is 11.1. The lowest BCUT2D eigenvalue weighted by Gasteiger charge is -2.15. The summed E-state index contributed by atoms with van der Waals surface area (Å²) in [7, 11) is 1.59. The van der Waals surface area contributed by atoms with Crippen molar-refractivity contribution in [2.75, 3.05) is 13.7 Å². The third kappa shape index (κ3) is 3.78. The van der Waals surface area contributed by atoms with Crippen LogP contribution in [0.5, 0.6) is 0 Å². The van der Waals surface area contributed by atoms with Crippen LogP contribution in [0.15, 0.2) is 12.2 Å². The van der Waals surface area contributed by atoms with Gasteiger partial charge in [-0.15, -0.1) is 0 Å². The van der Waals surface area contributed by atoms with Crippen LogP contribution in [-0.4, -0.2) is 24.6 Å². The first-order chi connectivity index (χ1) is 5.09. The maximum absolute atomic E-state index is 11.1. The number of carbonyl (C=O) groups is 1. The van der Waals surface area contributed by atoms with E-state index < -0.39 is 0 Å². The first-order valence-corrected chi connectivity index (χ1v) is 3.66. The Kier molecular flexibility index (Phi) is 4.54. The number of hydroxylamine groups is 2. The molecule has 0 fully saturated rings. The summed E-state index contributed by atoms with van der Waals surface area (Å²) in [5, 5.41) is 1.21. The van der Waals surface area contributed by atoms with Crippen molar-refractivity contribution in [1.82, 2.24) is 5.06 Å². The number of hydrogen-bond acceptors (Lipinski definition) is 2. The molecule has 0 bridgehead atoms. The van der Waals surface area contributed by atoms with Gasteiger partial charge in [-0.3, -0.25) is 9.63 Å². The minimum Gasteiger partial charge on any atom is -0.271 e. The third-order valence-corrected chi connectivity index (χ3v) is 1.14. The molecular weight excluding hydrogens is 142 g/mol. The standard InChI is InChI=1S/C8H15NO2/c1-5-6-11-9(4)8(10)7(2)3/h2,5-6H2,1,3-4H3. The Balaban J connectivity index is 3.73. The second kappa shape index (κ2) is 4.91. The van der Waals surface area contributed by atoms with Gasteiger partial charge in [0.2, 0.25) is 0 Å². The van der Waals surface area contributed by atoms with Crippen LogP contribution in [0.25, 0.3) is 0 Å². The number of nitrogens with zero attached hydrogens (tertiary/aromatic N) is 1. The zero-order valence-corrected chi connectivity index (χ0v) is 7.39. The first kappa shape index (κ1) is 10.2. The van der Waals surface area contributed by atoms with Crippen LogP contribution >= 0.6 is 0 Å². The number of carbonyl (C=O) groups excluding carboxylic acids is 1. The highest BCUT2D eigenvalue weighted by Gasteiger charge is 2.08. The molecule has 1 amide bonds.